The van der Waals surface area contributed by atoms with Crippen LogP contribution in [0.1, 0.15) is 31.1 Å². The minimum absolute atomic E-state index is 0.0966. The van der Waals surface area contributed by atoms with Crippen LogP contribution < -0.4 is 10.4 Å². The van der Waals surface area contributed by atoms with Gasteiger partial charge in [-0.1, -0.05) is 99.6 Å². The van der Waals surface area contributed by atoms with Crippen molar-refractivity contribution in [3.8, 4) is 0 Å². The molecule has 1 aliphatic carbocycles. The molecule has 0 saturated heterocycles. The van der Waals surface area contributed by atoms with Crippen molar-refractivity contribution >= 4 is 24.7 Å². The lowest BCUT2D eigenvalue weighted by Crippen LogP contribution is -2.74. The van der Waals surface area contributed by atoms with Crippen LogP contribution in [0.4, 0.5) is 0 Å². The van der Waals surface area contributed by atoms with Gasteiger partial charge in [-0.25, -0.2) is 4.79 Å². The van der Waals surface area contributed by atoms with Gasteiger partial charge in [-0.2, -0.15) is 0 Å². The highest BCUT2D eigenvalue weighted by Crippen LogP contribution is 2.42. The van der Waals surface area contributed by atoms with E-state index >= 15 is 0 Å². The molecule has 1 saturated carbocycles. The Morgan fingerprint density at radius 2 is 0.878 bits per heavy atom. The Labute approximate surface area is 290 Å². The molecule has 1 fully saturated rings. The van der Waals surface area contributed by atoms with E-state index in [1.54, 1.807) is 24.3 Å². The van der Waals surface area contributed by atoms with E-state index in [0.717, 1.165) is 10.4 Å². The second-order valence-corrected chi connectivity index (χ2v) is 16.9. The lowest BCUT2D eigenvalue weighted by atomic mass is 9.84. The van der Waals surface area contributed by atoms with Crippen molar-refractivity contribution in [1.29, 1.82) is 0 Å². The SMILES string of the molecule is COCO[C@@H]1[C@@H](OCOC)[C@H](OC(=O)c2ccccc2)[C@@H](OCOC)[C@H](O[Si](c2ccccc2)(c2ccccc2)C(C)(C)C)[C@@H]1OCOC. The molecule has 0 aromatic heterocycles. The van der Waals surface area contributed by atoms with Crippen LogP contribution in [0.5, 0.6) is 0 Å². The van der Waals surface area contributed by atoms with Gasteiger partial charge in [0.1, 0.15) is 57.7 Å². The summed E-state index contributed by atoms with van der Waals surface area (Å²) in [5, 5.41) is 1.65. The predicted molar refractivity (Wildman–Crippen MR) is 185 cm³/mol. The summed E-state index contributed by atoms with van der Waals surface area (Å²) in [4.78, 5) is 13.8. The van der Waals surface area contributed by atoms with E-state index < -0.39 is 55.9 Å². The summed E-state index contributed by atoms with van der Waals surface area (Å²) in [6, 6.07) is 29.1. The van der Waals surface area contributed by atoms with Crippen LogP contribution in [0.25, 0.3) is 0 Å². The summed E-state index contributed by atoms with van der Waals surface area (Å²) >= 11 is 0. The van der Waals surface area contributed by atoms with E-state index in [0.29, 0.717) is 5.56 Å². The number of rotatable bonds is 18. The maximum atomic E-state index is 13.8. The van der Waals surface area contributed by atoms with Crippen LogP contribution in [0.15, 0.2) is 91.0 Å². The first kappa shape index (κ1) is 38.8. The van der Waals surface area contributed by atoms with E-state index in [1.807, 2.05) is 42.5 Å². The fourth-order valence-electron chi connectivity index (χ4n) is 6.40. The number of carbonyl (C=O) groups is 1. The molecule has 0 N–H and O–H groups in total. The Balaban J connectivity index is 1.98. The number of benzene rings is 3. The van der Waals surface area contributed by atoms with Crippen molar-refractivity contribution in [2.24, 2.45) is 0 Å². The highest BCUT2D eigenvalue weighted by Gasteiger charge is 2.61. The van der Waals surface area contributed by atoms with Crippen LogP contribution in [0.3, 0.4) is 0 Å². The van der Waals surface area contributed by atoms with Gasteiger partial charge in [0.25, 0.3) is 8.32 Å². The summed E-state index contributed by atoms with van der Waals surface area (Å²) in [6.45, 7) is 6.05. The predicted octanol–water partition coefficient (Wildman–Crippen LogP) is 4.13. The molecular formula is C37H50O11Si. The second-order valence-electron chi connectivity index (χ2n) is 12.6. The Kier molecular flexibility index (Phi) is 14.9. The highest BCUT2D eigenvalue weighted by atomic mass is 28.4. The molecular weight excluding hydrogens is 648 g/mol. The van der Waals surface area contributed by atoms with Crippen molar-refractivity contribution in [2.45, 2.75) is 62.4 Å². The molecule has 11 nitrogen and oxygen atoms in total. The molecule has 0 unspecified atom stereocenters. The smallest absolute Gasteiger partial charge is 0.338 e. The number of carbonyl (C=O) groups excluding carboxylic acids is 1. The highest BCUT2D eigenvalue weighted by molar-refractivity contribution is 6.99. The van der Waals surface area contributed by atoms with E-state index in [-0.39, 0.29) is 27.2 Å². The summed E-state index contributed by atoms with van der Waals surface area (Å²) in [6.07, 6.45) is -5.68. The Morgan fingerprint density at radius 1 is 0.531 bits per heavy atom. The van der Waals surface area contributed by atoms with Gasteiger partial charge in [0.05, 0.1) is 5.56 Å². The Bertz CT molecular complexity index is 1330. The summed E-state index contributed by atoms with van der Waals surface area (Å²) < 4.78 is 61.1. The molecule has 0 bridgehead atoms. The van der Waals surface area contributed by atoms with Gasteiger partial charge in [-0.3, -0.25) is 0 Å². The molecule has 0 amide bonds. The molecule has 12 heteroatoms. The van der Waals surface area contributed by atoms with Gasteiger partial charge in [0.15, 0.2) is 6.10 Å². The van der Waals surface area contributed by atoms with Gasteiger partial charge >= 0.3 is 5.97 Å². The fourth-order valence-corrected chi connectivity index (χ4v) is 11.1. The summed E-state index contributed by atoms with van der Waals surface area (Å²) in [5.41, 5.74) is 0.357. The maximum absolute atomic E-state index is 13.8. The van der Waals surface area contributed by atoms with E-state index in [9.17, 15) is 4.79 Å². The molecule has 3 aromatic rings. The van der Waals surface area contributed by atoms with Crippen molar-refractivity contribution in [1.82, 2.24) is 0 Å². The zero-order chi connectivity index (χ0) is 35.3. The lowest BCUT2D eigenvalue weighted by Gasteiger charge is -2.53. The molecule has 0 spiro atoms. The van der Waals surface area contributed by atoms with Crippen molar-refractivity contribution in [3.05, 3.63) is 96.6 Å². The van der Waals surface area contributed by atoms with Crippen LogP contribution >= 0.6 is 0 Å². The van der Waals surface area contributed by atoms with Crippen LogP contribution in [0, 0.1) is 0 Å². The standard InChI is InChI=1S/C37H50O11Si/c1-37(2,3)49(28-19-13-9-14-20-28,29-21-15-10-16-22-29)48-35-32(45-25-41-6)30(43-23-39-4)31(44-24-40-5)34(33(35)46-26-42-7)47-36(38)27-17-11-8-12-18-27/h8-22,30-35H,23-26H2,1-7H3/t30-,31-,32-,33-,34+,35-/m1/s1. The monoisotopic (exact) mass is 698 g/mol. The first-order valence-corrected chi connectivity index (χ1v) is 18.1. The number of hydrogen-bond acceptors (Lipinski definition) is 11. The van der Waals surface area contributed by atoms with Crippen LogP contribution in [0.2, 0.25) is 5.04 Å². The summed E-state index contributed by atoms with van der Waals surface area (Å²) in [5.74, 6) is -0.575. The third kappa shape index (κ3) is 9.21. The quantitative estimate of drug-likeness (QED) is 0.109. The third-order valence-electron chi connectivity index (χ3n) is 8.44. The van der Waals surface area contributed by atoms with Crippen LogP contribution in [-0.4, -0.2) is 107 Å². The van der Waals surface area contributed by atoms with E-state index in [1.165, 1.54) is 28.4 Å². The molecule has 4 rings (SSSR count). The zero-order valence-electron chi connectivity index (χ0n) is 29.4. The van der Waals surface area contributed by atoms with Gasteiger partial charge in [-0.05, 0) is 27.5 Å². The van der Waals surface area contributed by atoms with Crippen molar-refractivity contribution in [3.63, 3.8) is 0 Å². The number of esters is 1. The molecule has 0 aliphatic heterocycles. The summed E-state index contributed by atoms with van der Waals surface area (Å²) in [7, 11) is 2.81. The molecule has 0 heterocycles. The minimum atomic E-state index is -3.27. The first-order valence-electron chi connectivity index (χ1n) is 16.2. The van der Waals surface area contributed by atoms with Gasteiger partial charge in [0, 0.05) is 28.4 Å². The maximum Gasteiger partial charge on any atom is 0.338 e. The van der Waals surface area contributed by atoms with E-state index in [4.69, 9.17) is 47.1 Å². The van der Waals surface area contributed by atoms with Crippen molar-refractivity contribution < 1.29 is 51.9 Å². The lowest BCUT2D eigenvalue weighted by molar-refractivity contribution is -0.296. The van der Waals surface area contributed by atoms with Crippen LogP contribution in [-0.2, 0) is 47.1 Å². The van der Waals surface area contributed by atoms with Gasteiger partial charge < -0.3 is 47.1 Å². The average molecular weight is 699 g/mol. The largest absolute Gasteiger partial charge is 0.453 e. The molecule has 49 heavy (non-hydrogen) atoms. The number of methoxy groups -OCH3 is 4. The first-order chi connectivity index (χ1) is 23.7. The number of hydrogen-bond donors (Lipinski definition) is 0. The zero-order valence-corrected chi connectivity index (χ0v) is 30.4. The molecule has 6 atom stereocenters. The fraction of sp³-hybridized carbons (Fsp3) is 0.486. The van der Waals surface area contributed by atoms with E-state index in [2.05, 4.69) is 45.0 Å². The average Bonchev–Trinajstić information content (AvgIpc) is 3.12. The number of ether oxygens (including phenoxy) is 9. The molecule has 0 radical (unpaired) electrons. The normalized spacial score (nSPS) is 22.9. The molecule has 3 aromatic carbocycles. The molecule has 268 valence electrons. The third-order valence-corrected chi connectivity index (χ3v) is 13.5. The molecule has 1 aliphatic rings. The second kappa shape index (κ2) is 18.8. The van der Waals surface area contributed by atoms with Gasteiger partial charge in [0.2, 0.25) is 0 Å². The van der Waals surface area contributed by atoms with Crippen molar-refractivity contribution in [2.75, 3.05) is 55.6 Å². The Hall–Kier alpha value is -3.01. The topological polar surface area (TPSA) is 109 Å². The Morgan fingerprint density at radius 3 is 1.27 bits per heavy atom. The minimum Gasteiger partial charge on any atom is -0.453 e. The van der Waals surface area contributed by atoms with Gasteiger partial charge in [-0.15, -0.1) is 0 Å².